The Hall–Kier alpha value is -2.96. The molecule has 0 bridgehead atoms. The number of ether oxygens (including phenoxy) is 1. The molecule has 4 N–H and O–H groups in total. The average molecular weight is 289 g/mol. The Bertz CT molecular complexity index is 610. The second-order valence-electron chi connectivity index (χ2n) is 4.17. The number of nitrogens with two attached hydrogens (primary N) is 1. The molecule has 1 aromatic heterocycles. The summed E-state index contributed by atoms with van der Waals surface area (Å²) in [7, 11) is 0. The smallest absolute Gasteiger partial charge is 0.321 e. The Morgan fingerprint density at radius 3 is 2.81 bits per heavy atom. The van der Waals surface area contributed by atoms with Gasteiger partial charge < -0.3 is 20.2 Å². The molecular weight excluding hydrogens is 274 g/mol. The van der Waals surface area contributed by atoms with Crippen LogP contribution in [0.25, 0.3) is 0 Å². The van der Waals surface area contributed by atoms with Gasteiger partial charge in [0.2, 0.25) is 0 Å². The van der Waals surface area contributed by atoms with Crippen LogP contribution in [0.1, 0.15) is 5.76 Å². The van der Waals surface area contributed by atoms with Crippen molar-refractivity contribution in [3.8, 4) is 5.75 Å². The Labute approximate surface area is 121 Å². The molecule has 0 spiro atoms. The van der Waals surface area contributed by atoms with Gasteiger partial charge in [-0.3, -0.25) is 10.1 Å². The van der Waals surface area contributed by atoms with Crippen molar-refractivity contribution < 1.29 is 18.7 Å². The Kier molecular flexibility index (Phi) is 4.81. The molecule has 0 atom stereocenters. The average Bonchev–Trinajstić information content (AvgIpc) is 2.96. The predicted molar refractivity (Wildman–Crippen MR) is 75.4 cm³/mol. The van der Waals surface area contributed by atoms with Crippen molar-refractivity contribution in [1.29, 1.82) is 0 Å². The maximum Gasteiger partial charge on any atom is 0.321 e. The molecule has 2 rings (SSSR count). The molecule has 0 saturated carbocycles. The zero-order valence-corrected chi connectivity index (χ0v) is 11.2. The molecule has 21 heavy (non-hydrogen) atoms. The fourth-order valence-corrected chi connectivity index (χ4v) is 1.54. The number of rotatable bonds is 5. The van der Waals surface area contributed by atoms with Gasteiger partial charge >= 0.3 is 6.03 Å². The first-order chi connectivity index (χ1) is 10.1. The number of nitrogens with one attached hydrogen (secondary N) is 2. The predicted octanol–water partition coefficient (Wildman–Crippen LogP) is 1.27. The number of urea groups is 1. The molecule has 0 fully saturated rings. The largest absolute Gasteiger partial charge is 0.484 e. The lowest BCUT2D eigenvalue weighted by Gasteiger charge is -2.07. The quantitative estimate of drug-likeness (QED) is 0.718. The molecule has 110 valence electrons. The SMILES string of the molecule is Nc1cccc(OCC(=O)NC(=O)NCc2ccco2)c1. The number of imide groups is 1. The molecule has 0 aliphatic heterocycles. The lowest BCUT2D eigenvalue weighted by Crippen LogP contribution is -2.41. The number of hydrogen-bond acceptors (Lipinski definition) is 5. The van der Waals surface area contributed by atoms with Crippen LogP contribution in [0, 0.1) is 0 Å². The number of furan rings is 1. The summed E-state index contributed by atoms with van der Waals surface area (Å²) >= 11 is 0. The van der Waals surface area contributed by atoms with Crippen molar-refractivity contribution in [2.45, 2.75) is 6.54 Å². The summed E-state index contributed by atoms with van der Waals surface area (Å²) < 4.78 is 10.3. The first kappa shape index (κ1) is 14.4. The Morgan fingerprint density at radius 1 is 1.24 bits per heavy atom. The minimum Gasteiger partial charge on any atom is -0.484 e. The van der Waals surface area contributed by atoms with Gasteiger partial charge in [-0.1, -0.05) is 6.07 Å². The van der Waals surface area contributed by atoms with Gasteiger partial charge in [0.1, 0.15) is 11.5 Å². The van der Waals surface area contributed by atoms with Crippen molar-refractivity contribution in [1.82, 2.24) is 10.6 Å². The summed E-state index contributed by atoms with van der Waals surface area (Å²) in [5.41, 5.74) is 6.11. The highest BCUT2D eigenvalue weighted by Gasteiger charge is 2.08. The van der Waals surface area contributed by atoms with E-state index in [9.17, 15) is 9.59 Å². The highest BCUT2D eigenvalue weighted by Crippen LogP contribution is 2.13. The number of benzene rings is 1. The van der Waals surface area contributed by atoms with Gasteiger partial charge in [0.15, 0.2) is 6.61 Å². The van der Waals surface area contributed by atoms with Crippen LogP contribution in [0.3, 0.4) is 0 Å². The van der Waals surface area contributed by atoms with E-state index in [1.165, 1.54) is 6.26 Å². The zero-order valence-electron chi connectivity index (χ0n) is 11.2. The van der Waals surface area contributed by atoms with Gasteiger partial charge in [0.05, 0.1) is 12.8 Å². The number of anilines is 1. The number of carbonyl (C=O) groups excluding carboxylic acids is 2. The minimum atomic E-state index is -0.618. The third-order valence-corrected chi connectivity index (χ3v) is 2.48. The van der Waals surface area contributed by atoms with E-state index in [1.807, 2.05) is 0 Å². The number of nitrogen functional groups attached to an aromatic ring is 1. The second kappa shape index (κ2) is 6.99. The van der Waals surface area contributed by atoms with Crippen LogP contribution < -0.4 is 21.1 Å². The summed E-state index contributed by atoms with van der Waals surface area (Å²) in [5, 5.41) is 4.62. The van der Waals surface area contributed by atoms with Crippen molar-refractivity contribution in [2.24, 2.45) is 0 Å². The second-order valence-corrected chi connectivity index (χ2v) is 4.17. The van der Waals surface area contributed by atoms with E-state index in [0.29, 0.717) is 17.2 Å². The van der Waals surface area contributed by atoms with Gasteiger partial charge in [-0.25, -0.2) is 4.79 Å². The third-order valence-electron chi connectivity index (χ3n) is 2.48. The van der Waals surface area contributed by atoms with E-state index in [4.69, 9.17) is 14.9 Å². The Morgan fingerprint density at radius 2 is 2.10 bits per heavy atom. The van der Waals surface area contributed by atoms with E-state index in [1.54, 1.807) is 36.4 Å². The van der Waals surface area contributed by atoms with Crippen molar-refractivity contribution in [3.63, 3.8) is 0 Å². The summed E-state index contributed by atoms with van der Waals surface area (Å²) in [5.74, 6) is 0.490. The maximum atomic E-state index is 11.5. The molecule has 0 saturated heterocycles. The van der Waals surface area contributed by atoms with Gasteiger partial charge in [0.25, 0.3) is 5.91 Å². The minimum absolute atomic E-state index is 0.197. The molecule has 0 radical (unpaired) electrons. The van der Waals surface area contributed by atoms with Gasteiger partial charge in [-0.05, 0) is 24.3 Å². The van der Waals surface area contributed by atoms with Crippen molar-refractivity contribution >= 4 is 17.6 Å². The van der Waals surface area contributed by atoms with Crippen LogP contribution >= 0.6 is 0 Å². The Balaban J connectivity index is 1.70. The highest BCUT2D eigenvalue weighted by atomic mass is 16.5. The summed E-state index contributed by atoms with van der Waals surface area (Å²) in [6.45, 7) is -0.0835. The van der Waals surface area contributed by atoms with Crippen LogP contribution in [-0.4, -0.2) is 18.5 Å². The number of hydrogen-bond donors (Lipinski definition) is 3. The topological polar surface area (TPSA) is 107 Å². The molecule has 7 heteroatoms. The zero-order chi connectivity index (χ0) is 15.1. The highest BCUT2D eigenvalue weighted by molar-refractivity contribution is 5.94. The van der Waals surface area contributed by atoms with Crippen molar-refractivity contribution in [3.05, 3.63) is 48.4 Å². The van der Waals surface area contributed by atoms with E-state index in [0.717, 1.165) is 0 Å². The molecule has 0 aliphatic carbocycles. The van der Waals surface area contributed by atoms with Crippen LogP contribution in [-0.2, 0) is 11.3 Å². The monoisotopic (exact) mass is 289 g/mol. The van der Waals surface area contributed by atoms with Crippen LogP contribution in [0.5, 0.6) is 5.75 Å². The summed E-state index contributed by atoms with van der Waals surface area (Å²) in [6, 6.07) is 9.47. The van der Waals surface area contributed by atoms with E-state index < -0.39 is 11.9 Å². The molecule has 0 aliphatic rings. The molecule has 2 aromatic rings. The third kappa shape index (κ3) is 4.90. The number of carbonyl (C=O) groups is 2. The van der Waals surface area contributed by atoms with Gasteiger partial charge in [0, 0.05) is 11.8 Å². The van der Waals surface area contributed by atoms with E-state index in [2.05, 4.69) is 10.6 Å². The maximum absolute atomic E-state index is 11.5. The molecule has 0 unspecified atom stereocenters. The molecule has 1 aromatic carbocycles. The first-order valence-electron chi connectivity index (χ1n) is 6.22. The fraction of sp³-hybridized carbons (Fsp3) is 0.143. The molecule has 3 amide bonds. The normalized spacial score (nSPS) is 9.90. The summed E-state index contributed by atoms with van der Waals surface area (Å²) in [4.78, 5) is 23.0. The molecule has 7 nitrogen and oxygen atoms in total. The fourth-order valence-electron chi connectivity index (χ4n) is 1.54. The van der Waals surface area contributed by atoms with Crippen LogP contribution in [0.4, 0.5) is 10.5 Å². The molecular formula is C14H15N3O4. The van der Waals surface area contributed by atoms with Crippen LogP contribution in [0.2, 0.25) is 0 Å². The van der Waals surface area contributed by atoms with Crippen LogP contribution in [0.15, 0.2) is 47.1 Å². The van der Waals surface area contributed by atoms with Gasteiger partial charge in [-0.2, -0.15) is 0 Å². The lowest BCUT2D eigenvalue weighted by molar-refractivity contribution is -0.122. The lowest BCUT2D eigenvalue weighted by atomic mass is 10.3. The molecule has 1 heterocycles. The van der Waals surface area contributed by atoms with E-state index in [-0.39, 0.29) is 13.2 Å². The van der Waals surface area contributed by atoms with Crippen molar-refractivity contribution in [2.75, 3.05) is 12.3 Å². The number of amides is 3. The van der Waals surface area contributed by atoms with E-state index >= 15 is 0 Å². The van der Waals surface area contributed by atoms with Gasteiger partial charge in [-0.15, -0.1) is 0 Å². The summed E-state index contributed by atoms with van der Waals surface area (Å²) in [6.07, 6.45) is 1.50. The first-order valence-corrected chi connectivity index (χ1v) is 6.22. The standard InChI is InChI=1S/C14H15N3O4/c15-10-3-1-4-11(7-10)21-9-13(18)17-14(19)16-8-12-5-2-6-20-12/h1-7H,8-9,15H2,(H2,16,17,18,19).